The zero-order valence-electron chi connectivity index (χ0n) is 14.7. The number of rotatable bonds is 4. The molecule has 0 aliphatic carbocycles. The summed E-state index contributed by atoms with van der Waals surface area (Å²) in [6.45, 7) is 1.64. The lowest BCUT2D eigenvalue weighted by Gasteiger charge is -2.19. The van der Waals surface area contributed by atoms with Gasteiger partial charge in [-0.25, -0.2) is 9.97 Å². The van der Waals surface area contributed by atoms with Crippen LogP contribution >= 0.6 is 15.9 Å². The van der Waals surface area contributed by atoms with Gasteiger partial charge in [0.2, 0.25) is 5.69 Å². The van der Waals surface area contributed by atoms with Crippen molar-refractivity contribution in [2.45, 2.75) is 12.5 Å². The Hall–Kier alpha value is -2.76. The van der Waals surface area contributed by atoms with Gasteiger partial charge in [-0.05, 0) is 30.5 Å². The highest BCUT2D eigenvalue weighted by atomic mass is 79.9. The Bertz CT molecular complexity index is 1030. The molecule has 1 N–H and O–H groups in total. The van der Waals surface area contributed by atoms with Crippen LogP contribution in [0, 0.1) is 11.3 Å². The molecule has 0 saturated carbocycles. The number of hydrogen-bond donors (Lipinski definition) is 1. The summed E-state index contributed by atoms with van der Waals surface area (Å²) in [5.41, 5.74) is 0.189. The molecular weight excluding hydrogens is 408 g/mol. The Kier molecular flexibility index (Phi) is 4.88. The molecule has 0 spiro atoms. The highest BCUT2D eigenvalue weighted by molar-refractivity contribution is 9.10. The van der Waals surface area contributed by atoms with Crippen molar-refractivity contribution in [2.75, 3.05) is 25.0 Å². The maximum atomic E-state index is 9.30. The molecule has 0 unspecified atom stereocenters. The van der Waals surface area contributed by atoms with E-state index >= 15 is 0 Å². The number of nitrogens with one attached hydrogen (secondary N) is 1. The molecule has 136 valence electrons. The quantitative estimate of drug-likeness (QED) is 0.687. The van der Waals surface area contributed by atoms with Crippen molar-refractivity contribution in [1.29, 1.82) is 5.26 Å². The summed E-state index contributed by atoms with van der Waals surface area (Å²) in [5.74, 6) is 1.56. The number of nitrogens with zero attached hydrogens (tertiary/aromatic N) is 5. The van der Waals surface area contributed by atoms with Crippen molar-refractivity contribution < 1.29 is 4.74 Å². The summed E-state index contributed by atoms with van der Waals surface area (Å²) in [7, 11) is 1.86. The van der Waals surface area contributed by atoms with Gasteiger partial charge in [0, 0.05) is 29.6 Å². The summed E-state index contributed by atoms with van der Waals surface area (Å²) in [6, 6.07) is 10.0. The molecule has 7 nitrogen and oxygen atoms in total. The molecule has 1 saturated heterocycles. The van der Waals surface area contributed by atoms with Gasteiger partial charge in [0.05, 0.1) is 6.20 Å². The minimum atomic E-state index is 0.00287. The Balaban J connectivity index is 1.67. The summed E-state index contributed by atoms with van der Waals surface area (Å²) in [6.07, 6.45) is 4.27. The minimum absolute atomic E-state index is 0.00287. The Morgan fingerprint density at radius 3 is 2.96 bits per heavy atom. The number of ether oxygens (including phenoxy) is 1. The first-order chi connectivity index (χ1) is 13.2. The van der Waals surface area contributed by atoms with Crippen LogP contribution in [-0.2, 0) is 0 Å². The van der Waals surface area contributed by atoms with E-state index in [0.29, 0.717) is 5.82 Å². The molecule has 8 heteroatoms. The standard InChI is InChI=1S/C19H17BrN6O/c1-26(17-7-12-3-2-4-15(20)14(12)10-24-17)18-11-23-16(8-21)19(25-18)27-13-5-6-22-9-13/h2-4,7,10-11,13,22H,5-6,9H2,1H3/t13-/m1/s1. The summed E-state index contributed by atoms with van der Waals surface area (Å²) < 4.78 is 6.90. The summed E-state index contributed by atoms with van der Waals surface area (Å²) >= 11 is 3.54. The predicted octanol–water partition coefficient (Wildman–Crippen LogP) is 3.17. The molecule has 1 aromatic carbocycles. The molecule has 3 aromatic rings. The third kappa shape index (κ3) is 3.56. The first kappa shape index (κ1) is 17.6. The molecule has 2 aromatic heterocycles. The molecule has 1 aliphatic heterocycles. The van der Waals surface area contributed by atoms with Gasteiger partial charge < -0.3 is 15.0 Å². The van der Waals surface area contributed by atoms with E-state index in [2.05, 4.69) is 36.2 Å². The molecule has 27 heavy (non-hydrogen) atoms. The second-order valence-electron chi connectivity index (χ2n) is 6.29. The van der Waals surface area contributed by atoms with E-state index in [9.17, 15) is 5.26 Å². The predicted molar refractivity (Wildman–Crippen MR) is 106 cm³/mol. The molecule has 0 amide bonds. The van der Waals surface area contributed by atoms with Gasteiger partial charge in [-0.1, -0.05) is 28.1 Å². The number of pyridine rings is 1. The van der Waals surface area contributed by atoms with Crippen LogP contribution in [0.25, 0.3) is 10.8 Å². The van der Waals surface area contributed by atoms with Crippen LogP contribution < -0.4 is 15.0 Å². The van der Waals surface area contributed by atoms with Crippen LogP contribution in [0.15, 0.2) is 41.1 Å². The lowest BCUT2D eigenvalue weighted by molar-refractivity contribution is 0.212. The van der Waals surface area contributed by atoms with Crippen LogP contribution in [0.2, 0.25) is 0 Å². The highest BCUT2D eigenvalue weighted by Gasteiger charge is 2.20. The van der Waals surface area contributed by atoms with E-state index in [1.54, 1.807) is 6.20 Å². The number of hydrogen-bond acceptors (Lipinski definition) is 7. The summed E-state index contributed by atoms with van der Waals surface area (Å²) in [4.78, 5) is 15.1. The van der Waals surface area contributed by atoms with E-state index in [4.69, 9.17) is 4.74 Å². The van der Waals surface area contributed by atoms with Crippen molar-refractivity contribution in [3.63, 3.8) is 0 Å². The van der Waals surface area contributed by atoms with Gasteiger partial charge in [0.1, 0.15) is 18.0 Å². The Morgan fingerprint density at radius 1 is 1.30 bits per heavy atom. The normalized spacial score (nSPS) is 16.3. The van der Waals surface area contributed by atoms with E-state index in [0.717, 1.165) is 40.6 Å². The molecular formula is C19H17BrN6O. The smallest absolute Gasteiger partial charge is 0.253 e. The van der Waals surface area contributed by atoms with Crippen LogP contribution in [0.5, 0.6) is 5.88 Å². The molecule has 0 bridgehead atoms. The fraction of sp³-hybridized carbons (Fsp3) is 0.263. The summed E-state index contributed by atoms with van der Waals surface area (Å²) in [5, 5.41) is 14.6. The van der Waals surface area contributed by atoms with Crippen LogP contribution in [-0.4, -0.2) is 41.2 Å². The highest BCUT2D eigenvalue weighted by Crippen LogP contribution is 2.29. The second-order valence-corrected chi connectivity index (χ2v) is 7.14. The largest absolute Gasteiger partial charge is 0.471 e. The fourth-order valence-corrected chi connectivity index (χ4v) is 3.48. The van der Waals surface area contributed by atoms with Crippen molar-refractivity contribution in [3.05, 3.63) is 46.8 Å². The van der Waals surface area contributed by atoms with Crippen LogP contribution in [0.1, 0.15) is 12.1 Å². The number of anilines is 2. The molecule has 0 radical (unpaired) electrons. The van der Waals surface area contributed by atoms with Gasteiger partial charge in [0.25, 0.3) is 5.88 Å². The fourth-order valence-electron chi connectivity index (χ4n) is 2.99. The van der Waals surface area contributed by atoms with E-state index in [-0.39, 0.29) is 17.7 Å². The minimum Gasteiger partial charge on any atom is -0.471 e. The van der Waals surface area contributed by atoms with E-state index in [1.807, 2.05) is 48.5 Å². The van der Waals surface area contributed by atoms with Crippen molar-refractivity contribution >= 4 is 38.3 Å². The number of nitriles is 1. The maximum Gasteiger partial charge on any atom is 0.253 e. The van der Waals surface area contributed by atoms with Crippen molar-refractivity contribution in [3.8, 4) is 11.9 Å². The van der Waals surface area contributed by atoms with Gasteiger partial charge in [0.15, 0.2) is 5.82 Å². The van der Waals surface area contributed by atoms with Crippen molar-refractivity contribution in [1.82, 2.24) is 20.3 Å². The topological polar surface area (TPSA) is 87.0 Å². The Labute approximate surface area is 165 Å². The van der Waals surface area contributed by atoms with Gasteiger partial charge in [-0.15, -0.1) is 0 Å². The average Bonchev–Trinajstić information content (AvgIpc) is 3.20. The van der Waals surface area contributed by atoms with Crippen molar-refractivity contribution in [2.24, 2.45) is 0 Å². The van der Waals surface area contributed by atoms with Gasteiger partial charge >= 0.3 is 0 Å². The molecule has 1 aliphatic rings. The number of fused-ring (bicyclic) bond motifs is 1. The first-order valence-electron chi connectivity index (χ1n) is 8.58. The molecule has 3 heterocycles. The SMILES string of the molecule is CN(c1cc2cccc(Br)c2cn1)c1cnc(C#N)c(O[C@@H]2CCNC2)n1. The number of benzene rings is 1. The number of halogens is 1. The third-order valence-electron chi connectivity index (χ3n) is 4.51. The van der Waals surface area contributed by atoms with Crippen LogP contribution in [0.3, 0.4) is 0 Å². The number of aromatic nitrogens is 3. The van der Waals surface area contributed by atoms with Gasteiger partial charge in [-0.2, -0.15) is 10.2 Å². The van der Waals surface area contributed by atoms with E-state index in [1.165, 1.54) is 0 Å². The monoisotopic (exact) mass is 424 g/mol. The Morgan fingerprint density at radius 2 is 2.19 bits per heavy atom. The molecule has 1 atom stereocenters. The third-order valence-corrected chi connectivity index (χ3v) is 5.20. The van der Waals surface area contributed by atoms with Crippen LogP contribution in [0.4, 0.5) is 11.6 Å². The zero-order valence-corrected chi connectivity index (χ0v) is 16.3. The maximum absolute atomic E-state index is 9.30. The van der Waals surface area contributed by atoms with E-state index < -0.39 is 0 Å². The van der Waals surface area contributed by atoms with Gasteiger partial charge in [-0.3, -0.25) is 0 Å². The zero-order chi connectivity index (χ0) is 18.8. The first-order valence-corrected chi connectivity index (χ1v) is 9.37. The average molecular weight is 425 g/mol. The molecule has 4 rings (SSSR count). The lowest BCUT2D eigenvalue weighted by atomic mass is 10.2. The molecule has 1 fully saturated rings. The lowest BCUT2D eigenvalue weighted by Crippen LogP contribution is -2.21. The second kappa shape index (κ2) is 7.47.